The average molecular weight is 268 g/mol. The van der Waals surface area contributed by atoms with Gasteiger partial charge in [-0.15, -0.1) is 0 Å². The SMILES string of the molecule is CNC(CCC1CCCO1)C1CN2CCCC2CO1. The van der Waals surface area contributed by atoms with Gasteiger partial charge in [-0.25, -0.2) is 0 Å². The molecule has 3 heterocycles. The Morgan fingerprint density at radius 1 is 1.26 bits per heavy atom. The molecule has 4 nitrogen and oxygen atoms in total. The predicted octanol–water partition coefficient (Wildman–Crippen LogP) is 1.40. The average Bonchev–Trinajstić information content (AvgIpc) is 3.09. The van der Waals surface area contributed by atoms with Crippen LogP contribution in [-0.4, -0.2) is 62.5 Å². The Balaban J connectivity index is 1.47. The van der Waals surface area contributed by atoms with Crippen LogP contribution in [0.4, 0.5) is 0 Å². The Morgan fingerprint density at radius 2 is 2.21 bits per heavy atom. The molecule has 0 amide bonds. The van der Waals surface area contributed by atoms with E-state index in [0.717, 1.165) is 19.8 Å². The summed E-state index contributed by atoms with van der Waals surface area (Å²) < 4.78 is 11.8. The fraction of sp³-hybridized carbons (Fsp3) is 1.00. The molecule has 3 saturated heterocycles. The molecule has 3 rings (SSSR count). The maximum Gasteiger partial charge on any atom is 0.0855 e. The van der Waals surface area contributed by atoms with E-state index in [1.54, 1.807) is 0 Å². The van der Waals surface area contributed by atoms with Gasteiger partial charge in [0.05, 0.1) is 18.8 Å². The van der Waals surface area contributed by atoms with Crippen LogP contribution in [0.1, 0.15) is 38.5 Å². The lowest BCUT2D eigenvalue weighted by molar-refractivity contribution is -0.0661. The summed E-state index contributed by atoms with van der Waals surface area (Å²) >= 11 is 0. The first-order valence-electron chi connectivity index (χ1n) is 8.01. The van der Waals surface area contributed by atoms with E-state index >= 15 is 0 Å². The Labute approximate surface area is 116 Å². The van der Waals surface area contributed by atoms with Crippen LogP contribution in [-0.2, 0) is 9.47 Å². The summed E-state index contributed by atoms with van der Waals surface area (Å²) in [4.78, 5) is 2.63. The van der Waals surface area contributed by atoms with Crippen LogP contribution >= 0.6 is 0 Å². The Kier molecular flexibility index (Phi) is 4.74. The Bertz CT molecular complexity index is 281. The fourth-order valence-corrected chi connectivity index (χ4v) is 3.84. The number of likely N-dealkylation sites (N-methyl/N-ethyl adjacent to an activating group) is 1. The summed E-state index contributed by atoms with van der Waals surface area (Å²) in [5.41, 5.74) is 0. The second kappa shape index (κ2) is 6.53. The third-order valence-corrected chi connectivity index (χ3v) is 5.06. The summed E-state index contributed by atoms with van der Waals surface area (Å²) in [7, 11) is 2.07. The maximum absolute atomic E-state index is 6.12. The lowest BCUT2D eigenvalue weighted by Crippen LogP contribution is -2.53. The molecule has 0 saturated carbocycles. The highest BCUT2D eigenvalue weighted by Gasteiger charge is 2.35. The van der Waals surface area contributed by atoms with Crippen molar-refractivity contribution < 1.29 is 9.47 Å². The maximum atomic E-state index is 6.12. The van der Waals surface area contributed by atoms with E-state index in [-0.39, 0.29) is 0 Å². The van der Waals surface area contributed by atoms with Gasteiger partial charge in [0.2, 0.25) is 0 Å². The third-order valence-electron chi connectivity index (χ3n) is 5.06. The van der Waals surface area contributed by atoms with Crippen molar-refractivity contribution in [2.75, 3.05) is 33.4 Å². The number of morpholine rings is 1. The molecule has 3 fully saturated rings. The van der Waals surface area contributed by atoms with Gasteiger partial charge in [0, 0.05) is 25.2 Å². The molecule has 3 aliphatic heterocycles. The topological polar surface area (TPSA) is 33.7 Å². The van der Waals surface area contributed by atoms with Gasteiger partial charge in [-0.2, -0.15) is 0 Å². The summed E-state index contributed by atoms with van der Waals surface area (Å²) in [6.45, 7) is 4.28. The van der Waals surface area contributed by atoms with Crippen molar-refractivity contribution in [3.63, 3.8) is 0 Å². The largest absolute Gasteiger partial charge is 0.378 e. The van der Waals surface area contributed by atoms with Crippen molar-refractivity contribution in [2.24, 2.45) is 0 Å². The van der Waals surface area contributed by atoms with Crippen LogP contribution in [0.25, 0.3) is 0 Å². The monoisotopic (exact) mass is 268 g/mol. The van der Waals surface area contributed by atoms with E-state index in [1.807, 2.05) is 0 Å². The predicted molar refractivity (Wildman–Crippen MR) is 75.4 cm³/mol. The molecule has 0 bridgehead atoms. The molecule has 4 atom stereocenters. The molecule has 0 spiro atoms. The number of fused-ring (bicyclic) bond motifs is 1. The molecule has 0 aliphatic carbocycles. The van der Waals surface area contributed by atoms with Crippen molar-refractivity contribution in [1.29, 1.82) is 0 Å². The number of nitrogens with one attached hydrogen (secondary N) is 1. The summed E-state index contributed by atoms with van der Waals surface area (Å²) in [6, 6.07) is 1.18. The quantitative estimate of drug-likeness (QED) is 0.817. The third kappa shape index (κ3) is 3.30. The Morgan fingerprint density at radius 3 is 3.00 bits per heavy atom. The minimum atomic E-state index is 0.362. The zero-order valence-corrected chi connectivity index (χ0v) is 12.1. The van der Waals surface area contributed by atoms with E-state index in [0.29, 0.717) is 24.3 Å². The van der Waals surface area contributed by atoms with E-state index < -0.39 is 0 Å². The normalized spacial score (nSPS) is 37.4. The molecule has 19 heavy (non-hydrogen) atoms. The Hall–Kier alpha value is -0.160. The second-order valence-corrected chi connectivity index (χ2v) is 6.27. The van der Waals surface area contributed by atoms with Crippen molar-refractivity contribution in [3.8, 4) is 0 Å². The first-order valence-corrected chi connectivity index (χ1v) is 8.01. The zero-order valence-electron chi connectivity index (χ0n) is 12.1. The van der Waals surface area contributed by atoms with Crippen molar-refractivity contribution >= 4 is 0 Å². The highest BCUT2D eigenvalue weighted by atomic mass is 16.5. The number of hydrogen-bond donors (Lipinski definition) is 1. The molecule has 4 unspecified atom stereocenters. The van der Waals surface area contributed by atoms with Gasteiger partial charge in [-0.05, 0) is 52.1 Å². The number of rotatable bonds is 5. The van der Waals surface area contributed by atoms with Crippen LogP contribution in [0.3, 0.4) is 0 Å². The number of ether oxygens (including phenoxy) is 2. The number of nitrogens with zero attached hydrogens (tertiary/aromatic N) is 1. The lowest BCUT2D eigenvalue weighted by atomic mass is 10.00. The smallest absolute Gasteiger partial charge is 0.0855 e. The van der Waals surface area contributed by atoms with Crippen LogP contribution < -0.4 is 5.32 Å². The van der Waals surface area contributed by atoms with Crippen molar-refractivity contribution in [1.82, 2.24) is 10.2 Å². The van der Waals surface area contributed by atoms with E-state index in [1.165, 1.54) is 45.1 Å². The van der Waals surface area contributed by atoms with Gasteiger partial charge in [-0.1, -0.05) is 0 Å². The molecule has 0 aromatic heterocycles. The molecule has 0 aromatic rings. The first-order chi connectivity index (χ1) is 9.36. The van der Waals surface area contributed by atoms with Crippen LogP contribution in [0.2, 0.25) is 0 Å². The molecule has 3 aliphatic rings. The molecular weight excluding hydrogens is 240 g/mol. The molecule has 0 radical (unpaired) electrons. The molecule has 4 heteroatoms. The van der Waals surface area contributed by atoms with E-state index in [2.05, 4.69) is 17.3 Å². The van der Waals surface area contributed by atoms with Gasteiger partial charge in [-0.3, -0.25) is 4.90 Å². The molecule has 1 N–H and O–H groups in total. The lowest BCUT2D eigenvalue weighted by Gasteiger charge is -2.39. The minimum Gasteiger partial charge on any atom is -0.378 e. The van der Waals surface area contributed by atoms with Crippen molar-refractivity contribution in [3.05, 3.63) is 0 Å². The van der Waals surface area contributed by atoms with Gasteiger partial charge in [0.1, 0.15) is 0 Å². The molecule has 0 aromatic carbocycles. The van der Waals surface area contributed by atoms with Crippen LogP contribution in [0.15, 0.2) is 0 Å². The summed E-state index contributed by atoms with van der Waals surface area (Å²) in [6.07, 6.45) is 8.37. The van der Waals surface area contributed by atoms with Gasteiger partial charge < -0.3 is 14.8 Å². The highest BCUT2D eigenvalue weighted by Crippen LogP contribution is 2.25. The van der Waals surface area contributed by atoms with Gasteiger partial charge in [0.15, 0.2) is 0 Å². The first kappa shape index (κ1) is 13.8. The molecular formula is C15H28N2O2. The fourth-order valence-electron chi connectivity index (χ4n) is 3.84. The minimum absolute atomic E-state index is 0.362. The van der Waals surface area contributed by atoms with Crippen molar-refractivity contribution in [2.45, 2.75) is 62.8 Å². The van der Waals surface area contributed by atoms with Gasteiger partial charge in [0.25, 0.3) is 0 Å². The van der Waals surface area contributed by atoms with E-state index in [9.17, 15) is 0 Å². The summed E-state index contributed by atoms with van der Waals surface area (Å²) in [5.74, 6) is 0. The standard InChI is InChI=1S/C15H28N2O2/c1-16-14(7-6-13-5-3-9-18-13)15-10-17-8-2-4-12(17)11-19-15/h12-16H,2-11H2,1H3. The second-order valence-electron chi connectivity index (χ2n) is 6.27. The molecule has 110 valence electrons. The van der Waals surface area contributed by atoms with E-state index in [4.69, 9.17) is 9.47 Å². The van der Waals surface area contributed by atoms with Gasteiger partial charge >= 0.3 is 0 Å². The van der Waals surface area contributed by atoms with Crippen LogP contribution in [0, 0.1) is 0 Å². The summed E-state index contributed by atoms with van der Waals surface area (Å²) in [5, 5.41) is 3.47. The zero-order chi connectivity index (χ0) is 13.1. The van der Waals surface area contributed by atoms with Crippen LogP contribution in [0.5, 0.6) is 0 Å². The number of hydrogen-bond acceptors (Lipinski definition) is 4. The highest BCUT2D eigenvalue weighted by molar-refractivity contribution is 4.90.